The van der Waals surface area contributed by atoms with E-state index < -0.39 is 6.10 Å². The molecule has 6 heteroatoms. The summed E-state index contributed by atoms with van der Waals surface area (Å²) in [5.41, 5.74) is 4.03. The van der Waals surface area contributed by atoms with Crippen LogP contribution in [0.1, 0.15) is 29.5 Å². The van der Waals surface area contributed by atoms with Crippen LogP contribution >= 0.6 is 0 Å². The second-order valence-electron chi connectivity index (χ2n) is 7.77. The van der Waals surface area contributed by atoms with Gasteiger partial charge in [0.2, 0.25) is 0 Å². The van der Waals surface area contributed by atoms with Gasteiger partial charge in [0.25, 0.3) is 11.5 Å². The molecule has 0 aliphatic carbocycles. The summed E-state index contributed by atoms with van der Waals surface area (Å²) in [6.45, 7) is 4.82. The number of fused-ring (bicyclic) bond motifs is 1. The van der Waals surface area contributed by atoms with Gasteiger partial charge in [-0.15, -0.1) is 0 Å². The van der Waals surface area contributed by atoms with Crippen LogP contribution in [0.5, 0.6) is 5.75 Å². The molecule has 2 aromatic carbocycles. The predicted octanol–water partition coefficient (Wildman–Crippen LogP) is 3.87. The van der Waals surface area contributed by atoms with E-state index in [4.69, 9.17) is 9.47 Å². The zero-order chi connectivity index (χ0) is 21.3. The number of aromatic nitrogens is 1. The normalized spacial score (nSPS) is 16.0. The average Bonchev–Trinajstić information content (AvgIpc) is 3.28. The minimum absolute atomic E-state index is 0.106. The first-order chi connectivity index (χ1) is 14.5. The number of nitrogens with one attached hydrogen (secondary N) is 1. The minimum Gasteiger partial charge on any atom is -0.497 e. The van der Waals surface area contributed by atoms with Gasteiger partial charge in [-0.2, -0.15) is 0 Å². The number of pyridine rings is 1. The van der Waals surface area contributed by atoms with Crippen LogP contribution in [-0.4, -0.2) is 30.7 Å². The van der Waals surface area contributed by atoms with E-state index in [0.29, 0.717) is 29.9 Å². The Labute approximate surface area is 175 Å². The predicted molar refractivity (Wildman–Crippen MR) is 117 cm³/mol. The smallest absolute Gasteiger partial charge is 0.256 e. The molecule has 156 valence electrons. The Balaban J connectivity index is 1.73. The third-order valence-corrected chi connectivity index (χ3v) is 5.73. The maximum atomic E-state index is 13.3. The monoisotopic (exact) mass is 406 g/mol. The Bertz CT molecular complexity index is 1150. The standard InChI is InChI=1S/C24H26N2O4/c1-15-6-8-19(11-16(15)2)26(24(28)22-5-4-10-30-22)14-18-12-17-7-9-20(29-3)13-21(17)25-23(18)27/h6-9,11-13,22H,4-5,10,14H2,1-3H3,(H,25,27)/t22-/m1/s1. The highest BCUT2D eigenvalue weighted by Crippen LogP contribution is 2.25. The van der Waals surface area contributed by atoms with Crippen LogP contribution in [0.15, 0.2) is 47.3 Å². The lowest BCUT2D eigenvalue weighted by atomic mass is 10.1. The van der Waals surface area contributed by atoms with Crippen molar-refractivity contribution in [1.29, 1.82) is 0 Å². The van der Waals surface area contributed by atoms with E-state index in [0.717, 1.165) is 28.6 Å². The van der Waals surface area contributed by atoms with Crippen molar-refractivity contribution >= 4 is 22.5 Å². The number of amides is 1. The van der Waals surface area contributed by atoms with E-state index in [1.54, 1.807) is 18.1 Å². The van der Waals surface area contributed by atoms with Crippen LogP contribution in [0.2, 0.25) is 0 Å². The van der Waals surface area contributed by atoms with Crippen molar-refractivity contribution < 1.29 is 14.3 Å². The van der Waals surface area contributed by atoms with Crippen molar-refractivity contribution in [3.05, 3.63) is 69.5 Å². The van der Waals surface area contributed by atoms with Crippen molar-refractivity contribution in [2.75, 3.05) is 18.6 Å². The molecule has 1 amide bonds. The third kappa shape index (κ3) is 3.96. The Morgan fingerprint density at radius 3 is 2.70 bits per heavy atom. The van der Waals surface area contributed by atoms with Gasteiger partial charge >= 0.3 is 0 Å². The molecule has 3 aromatic rings. The van der Waals surface area contributed by atoms with Gasteiger partial charge in [0, 0.05) is 23.9 Å². The van der Waals surface area contributed by atoms with Crippen LogP contribution in [0.25, 0.3) is 10.9 Å². The van der Waals surface area contributed by atoms with Crippen molar-refractivity contribution in [3.63, 3.8) is 0 Å². The van der Waals surface area contributed by atoms with Gasteiger partial charge in [0.15, 0.2) is 0 Å². The Hall–Kier alpha value is -3.12. The number of aryl methyl sites for hydroxylation is 2. The first-order valence-electron chi connectivity index (χ1n) is 10.2. The number of aromatic amines is 1. The molecular weight excluding hydrogens is 380 g/mol. The van der Waals surface area contributed by atoms with Gasteiger partial charge in [-0.05, 0) is 73.5 Å². The van der Waals surface area contributed by atoms with Crippen LogP contribution in [0.3, 0.4) is 0 Å². The minimum atomic E-state index is -0.463. The molecule has 0 saturated carbocycles. The number of rotatable bonds is 5. The zero-order valence-corrected chi connectivity index (χ0v) is 17.5. The molecule has 30 heavy (non-hydrogen) atoms. The summed E-state index contributed by atoms with van der Waals surface area (Å²) in [4.78, 5) is 30.7. The lowest BCUT2D eigenvalue weighted by molar-refractivity contribution is -0.127. The molecule has 0 spiro atoms. The lowest BCUT2D eigenvalue weighted by Gasteiger charge is -2.26. The molecule has 0 radical (unpaired) electrons. The number of methoxy groups -OCH3 is 1. The van der Waals surface area contributed by atoms with Crippen LogP contribution < -0.4 is 15.2 Å². The molecular formula is C24H26N2O4. The molecule has 4 rings (SSSR count). The number of H-pyrrole nitrogens is 1. The number of carbonyl (C=O) groups is 1. The highest BCUT2D eigenvalue weighted by atomic mass is 16.5. The summed E-state index contributed by atoms with van der Waals surface area (Å²) < 4.78 is 10.9. The number of carbonyl (C=O) groups excluding carboxylic acids is 1. The quantitative estimate of drug-likeness (QED) is 0.698. The maximum absolute atomic E-state index is 13.3. The fourth-order valence-corrected chi connectivity index (χ4v) is 3.78. The highest BCUT2D eigenvalue weighted by Gasteiger charge is 2.30. The second-order valence-corrected chi connectivity index (χ2v) is 7.77. The Morgan fingerprint density at radius 1 is 1.17 bits per heavy atom. The summed E-state index contributed by atoms with van der Waals surface area (Å²) in [6, 6.07) is 13.3. The summed E-state index contributed by atoms with van der Waals surface area (Å²) in [6.07, 6.45) is 1.11. The number of nitrogens with zero attached hydrogens (tertiary/aromatic N) is 1. The topological polar surface area (TPSA) is 71.6 Å². The van der Waals surface area contributed by atoms with E-state index in [-0.39, 0.29) is 18.0 Å². The van der Waals surface area contributed by atoms with Crippen LogP contribution in [0.4, 0.5) is 5.69 Å². The van der Waals surface area contributed by atoms with Gasteiger partial charge in [-0.25, -0.2) is 0 Å². The fraction of sp³-hybridized carbons (Fsp3) is 0.333. The molecule has 1 saturated heterocycles. The first kappa shape index (κ1) is 20.2. The number of benzene rings is 2. The third-order valence-electron chi connectivity index (χ3n) is 5.73. The van der Waals surface area contributed by atoms with Gasteiger partial charge in [-0.3, -0.25) is 9.59 Å². The molecule has 1 atom stereocenters. The van der Waals surface area contributed by atoms with Crippen molar-refractivity contribution in [3.8, 4) is 5.75 Å². The Kier molecular flexibility index (Phi) is 5.59. The summed E-state index contributed by atoms with van der Waals surface area (Å²) >= 11 is 0. The van der Waals surface area contributed by atoms with Gasteiger partial charge in [-0.1, -0.05) is 6.07 Å². The summed E-state index contributed by atoms with van der Waals surface area (Å²) in [7, 11) is 1.59. The molecule has 0 bridgehead atoms. The van der Waals surface area contributed by atoms with E-state index in [2.05, 4.69) is 4.98 Å². The Morgan fingerprint density at radius 2 is 2.00 bits per heavy atom. The van der Waals surface area contributed by atoms with Crippen molar-refractivity contribution in [1.82, 2.24) is 4.98 Å². The van der Waals surface area contributed by atoms with Gasteiger partial charge < -0.3 is 19.4 Å². The molecule has 1 fully saturated rings. The molecule has 1 aliphatic rings. The molecule has 6 nitrogen and oxygen atoms in total. The number of hydrogen-bond acceptors (Lipinski definition) is 4. The first-order valence-corrected chi connectivity index (χ1v) is 10.2. The van der Waals surface area contributed by atoms with Crippen LogP contribution in [0, 0.1) is 13.8 Å². The average molecular weight is 406 g/mol. The maximum Gasteiger partial charge on any atom is 0.256 e. The van der Waals surface area contributed by atoms with Crippen molar-refractivity contribution in [2.24, 2.45) is 0 Å². The summed E-state index contributed by atoms with van der Waals surface area (Å²) in [5.74, 6) is 0.571. The summed E-state index contributed by atoms with van der Waals surface area (Å²) in [5, 5.41) is 0.884. The second kappa shape index (κ2) is 8.32. The van der Waals surface area contributed by atoms with E-state index in [1.165, 1.54) is 0 Å². The fourth-order valence-electron chi connectivity index (χ4n) is 3.78. The lowest BCUT2D eigenvalue weighted by Crippen LogP contribution is -2.39. The highest BCUT2D eigenvalue weighted by molar-refractivity contribution is 5.97. The van der Waals surface area contributed by atoms with E-state index in [1.807, 2.05) is 50.2 Å². The molecule has 1 N–H and O–H groups in total. The zero-order valence-electron chi connectivity index (χ0n) is 17.5. The largest absolute Gasteiger partial charge is 0.497 e. The van der Waals surface area contributed by atoms with E-state index in [9.17, 15) is 9.59 Å². The molecule has 1 aromatic heterocycles. The molecule has 1 aliphatic heterocycles. The van der Waals surface area contributed by atoms with E-state index >= 15 is 0 Å². The molecule has 2 heterocycles. The number of hydrogen-bond donors (Lipinski definition) is 1. The van der Waals surface area contributed by atoms with Gasteiger partial charge in [0.1, 0.15) is 11.9 Å². The SMILES string of the molecule is COc1ccc2cc(CN(C(=O)[C@H]3CCCO3)c3ccc(C)c(C)c3)c(=O)[nH]c2c1. The van der Waals surface area contributed by atoms with Crippen molar-refractivity contribution in [2.45, 2.75) is 39.3 Å². The number of ether oxygens (including phenoxy) is 2. The number of anilines is 1. The van der Waals surface area contributed by atoms with Crippen LogP contribution in [-0.2, 0) is 16.1 Å². The van der Waals surface area contributed by atoms with Gasteiger partial charge in [0.05, 0.1) is 19.2 Å². The molecule has 0 unspecified atom stereocenters.